The number of carbonyl (C=O) groups is 1. The Morgan fingerprint density at radius 2 is 2.13 bits per heavy atom. The summed E-state index contributed by atoms with van der Waals surface area (Å²) in [7, 11) is 0. The average molecular weight is 321 g/mol. The van der Waals surface area contributed by atoms with E-state index in [9.17, 15) is 20.0 Å². The van der Waals surface area contributed by atoms with Gasteiger partial charge >= 0.3 is 0 Å². The number of β-amino-alcohol motifs (C(OH)–C–C–N with tert-alkyl or cyclic N) is 1. The zero-order chi connectivity index (χ0) is 17.1. The zero-order valence-electron chi connectivity index (χ0n) is 13.7. The van der Waals surface area contributed by atoms with Gasteiger partial charge in [-0.25, -0.2) is 0 Å². The minimum absolute atomic E-state index is 0.00503. The summed E-state index contributed by atoms with van der Waals surface area (Å²) < 4.78 is 0. The van der Waals surface area contributed by atoms with Gasteiger partial charge in [0.25, 0.3) is 11.6 Å². The number of aliphatic hydroxyl groups excluding tert-OH is 1. The summed E-state index contributed by atoms with van der Waals surface area (Å²) in [6.07, 6.45) is -0.399. The van der Waals surface area contributed by atoms with Crippen molar-refractivity contribution in [2.75, 3.05) is 26.2 Å². The fourth-order valence-corrected chi connectivity index (χ4v) is 3.03. The molecule has 7 heteroatoms. The summed E-state index contributed by atoms with van der Waals surface area (Å²) >= 11 is 0. The van der Waals surface area contributed by atoms with Crippen molar-refractivity contribution in [1.29, 1.82) is 0 Å². The van der Waals surface area contributed by atoms with E-state index in [1.54, 1.807) is 24.8 Å². The van der Waals surface area contributed by atoms with Crippen molar-refractivity contribution in [2.24, 2.45) is 0 Å². The number of piperazine rings is 1. The van der Waals surface area contributed by atoms with E-state index in [0.717, 1.165) is 0 Å². The lowest BCUT2D eigenvalue weighted by Gasteiger charge is -2.40. The first-order valence-corrected chi connectivity index (χ1v) is 7.75. The Kier molecular flexibility index (Phi) is 5.33. The third kappa shape index (κ3) is 4.27. The van der Waals surface area contributed by atoms with Crippen molar-refractivity contribution < 1.29 is 14.8 Å². The number of aliphatic hydroxyl groups is 1. The number of nitrogens with zero attached hydrogens (tertiary/aromatic N) is 3. The predicted molar refractivity (Wildman–Crippen MR) is 86.5 cm³/mol. The highest BCUT2D eigenvalue weighted by Crippen LogP contribution is 2.20. The molecule has 1 amide bonds. The standard InChI is InChI=1S/C16H23N3O4/c1-11-6-14(8-15(7-11)19(22)23)16(21)18-5-4-17(9-12(18)2)10-13(3)20/h6-8,12-13,20H,4-5,9-10H2,1-3H3/t12-,13-/m0/s1. The summed E-state index contributed by atoms with van der Waals surface area (Å²) in [4.78, 5) is 27.1. The Balaban J connectivity index is 2.14. The third-order valence-corrected chi connectivity index (χ3v) is 4.01. The first-order valence-electron chi connectivity index (χ1n) is 7.75. The zero-order valence-corrected chi connectivity index (χ0v) is 13.7. The van der Waals surface area contributed by atoms with Crippen LogP contribution in [0.25, 0.3) is 0 Å². The smallest absolute Gasteiger partial charge is 0.270 e. The highest BCUT2D eigenvalue weighted by atomic mass is 16.6. The van der Waals surface area contributed by atoms with Gasteiger partial charge in [0.15, 0.2) is 0 Å². The van der Waals surface area contributed by atoms with Gasteiger partial charge in [0.1, 0.15) is 0 Å². The Hall–Kier alpha value is -1.99. The van der Waals surface area contributed by atoms with Gasteiger partial charge < -0.3 is 10.0 Å². The molecule has 126 valence electrons. The molecule has 2 rings (SSSR count). The summed E-state index contributed by atoms with van der Waals surface area (Å²) in [5, 5.41) is 20.4. The highest BCUT2D eigenvalue weighted by Gasteiger charge is 2.29. The van der Waals surface area contributed by atoms with Gasteiger partial charge in [-0.2, -0.15) is 0 Å². The van der Waals surface area contributed by atoms with E-state index < -0.39 is 11.0 Å². The molecule has 7 nitrogen and oxygen atoms in total. The van der Waals surface area contributed by atoms with Crippen molar-refractivity contribution in [3.8, 4) is 0 Å². The number of benzene rings is 1. The topological polar surface area (TPSA) is 86.9 Å². The lowest BCUT2D eigenvalue weighted by Crippen LogP contribution is -2.55. The molecule has 0 radical (unpaired) electrons. The molecule has 0 spiro atoms. The average Bonchev–Trinajstić information content (AvgIpc) is 2.45. The normalized spacial score (nSPS) is 20.3. The number of rotatable bonds is 4. The van der Waals surface area contributed by atoms with E-state index in [1.165, 1.54) is 12.1 Å². The number of amides is 1. The van der Waals surface area contributed by atoms with Gasteiger partial charge in [0, 0.05) is 49.9 Å². The van der Waals surface area contributed by atoms with Gasteiger partial charge in [-0.15, -0.1) is 0 Å². The number of hydrogen-bond acceptors (Lipinski definition) is 5. The van der Waals surface area contributed by atoms with Crippen molar-refractivity contribution in [3.05, 3.63) is 39.4 Å². The molecular formula is C16H23N3O4. The Labute approximate surface area is 135 Å². The van der Waals surface area contributed by atoms with Gasteiger partial charge in [0.2, 0.25) is 0 Å². The molecule has 1 saturated heterocycles. The largest absolute Gasteiger partial charge is 0.392 e. The molecule has 1 fully saturated rings. The number of carbonyl (C=O) groups excluding carboxylic acids is 1. The molecule has 1 aliphatic rings. The maximum Gasteiger partial charge on any atom is 0.270 e. The van der Waals surface area contributed by atoms with Gasteiger partial charge in [-0.1, -0.05) is 0 Å². The second-order valence-corrected chi connectivity index (χ2v) is 6.27. The number of hydrogen-bond donors (Lipinski definition) is 1. The number of non-ortho nitro benzene ring substituents is 1. The van der Waals surface area contributed by atoms with Crippen molar-refractivity contribution in [3.63, 3.8) is 0 Å². The molecule has 1 heterocycles. The van der Waals surface area contributed by atoms with Crippen LogP contribution in [0.3, 0.4) is 0 Å². The molecule has 1 aromatic carbocycles. The van der Waals surface area contributed by atoms with Crippen molar-refractivity contribution >= 4 is 11.6 Å². The van der Waals surface area contributed by atoms with Crippen LogP contribution in [0.15, 0.2) is 18.2 Å². The van der Waals surface area contributed by atoms with E-state index in [0.29, 0.717) is 37.3 Å². The van der Waals surface area contributed by atoms with E-state index >= 15 is 0 Å². The lowest BCUT2D eigenvalue weighted by molar-refractivity contribution is -0.384. The number of aryl methyl sites for hydroxylation is 1. The lowest BCUT2D eigenvalue weighted by atomic mass is 10.1. The van der Waals surface area contributed by atoms with Crippen LogP contribution in [0.5, 0.6) is 0 Å². The van der Waals surface area contributed by atoms with Crippen LogP contribution in [-0.4, -0.2) is 64.1 Å². The monoisotopic (exact) mass is 321 g/mol. The molecule has 1 aromatic rings. The van der Waals surface area contributed by atoms with Gasteiger partial charge in [-0.3, -0.25) is 19.8 Å². The van der Waals surface area contributed by atoms with E-state index in [2.05, 4.69) is 4.90 Å². The van der Waals surface area contributed by atoms with Crippen LogP contribution < -0.4 is 0 Å². The minimum atomic E-state index is -0.478. The second-order valence-electron chi connectivity index (χ2n) is 6.27. The molecule has 0 aromatic heterocycles. The van der Waals surface area contributed by atoms with Crippen LogP contribution >= 0.6 is 0 Å². The van der Waals surface area contributed by atoms with Crippen LogP contribution in [-0.2, 0) is 0 Å². The fourth-order valence-electron chi connectivity index (χ4n) is 3.03. The molecule has 1 N–H and O–H groups in total. The summed E-state index contributed by atoms with van der Waals surface area (Å²) in [5.41, 5.74) is 0.990. The van der Waals surface area contributed by atoms with Crippen LogP contribution in [0.2, 0.25) is 0 Å². The Bertz CT molecular complexity index is 603. The minimum Gasteiger partial charge on any atom is -0.392 e. The summed E-state index contributed by atoms with van der Waals surface area (Å²) in [6.45, 7) is 7.95. The summed E-state index contributed by atoms with van der Waals surface area (Å²) in [6, 6.07) is 4.48. The van der Waals surface area contributed by atoms with E-state index in [1.807, 2.05) is 6.92 Å². The molecule has 0 aliphatic carbocycles. The predicted octanol–water partition coefficient (Wildman–Crippen LogP) is 1.43. The number of nitro benzene ring substituents is 1. The van der Waals surface area contributed by atoms with Gasteiger partial charge in [-0.05, 0) is 32.4 Å². The second kappa shape index (κ2) is 7.06. The van der Waals surface area contributed by atoms with E-state index in [-0.39, 0.29) is 17.6 Å². The number of nitro groups is 1. The van der Waals surface area contributed by atoms with Crippen molar-refractivity contribution in [2.45, 2.75) is 32.9 Å². The maximum absolute atomic E-state index is 12.7. The third-order valence-electron chi connectivity index (χ3n) is 4.01. The molecule has 1 aliphatic heterocycles. The maximum atomic E-state index is 12.7. The molecule has 0 bridgehead atoms. The molecular weight excluding hydrogens is 298 g/mol. The SMILES string of the molecule is Cc1cc(C(=O)N2CCN(C[C@H](C)O)C[C@@H]2C)cc([N+](=O)[O-])c1. The van der Waals surface area contributed by atoms with Crippen LogP contribution in [0, 0.1) is 17.0 Å². The van der Waals surface area contributed by atoms with Crippen LogP contribution in [0.4, 0.5) is 5.69 Å². The first kappa shape index (κ1) is 17.4. The van der Waals surface area contributed by atoms with E-state index in [4.69, 9.17) is 0 Å². The molecule has 0 saturated carbocycles. The first-order chi connectivity index (χ1) is 10.8. The van der Waals surface area contributed by atoms with Crippen molar-refractivity contribution in [1.82, 2.24) is 9.80 Å². The molecule has 23 heavy (non-hydrogen) atoms. The Morgan fingerprint density at radius 3 is 2.70 bits per heavy atom. The summed E-state index contributed by atoms with van der Waals surface area (Å²) in [5.74, 6) is -0.180. The van der Waals surface area contributed by atoms with Gasteiger partial charge in [0.05, 0.1) is 11.0 Å². The quantitative estimate of drug-likeness (QED) is 0.669. The highest BCUT2D eigenvalue weighted by molar-refractivity contribution is 5.95. The fraction of sp³-hybridized carbons (Fsp3) is 0.562. The molecule has 0 unspecified atom stereocenters. The van der Waals surface area contributed by atoms with Crippen LogP contribution in [0.1, 0.15) is 29.8 Å². The Morgan fingerprint density at radius 1 is 1.43 bits per heavy atom. The molecule has 2 atom stereocenters.